The molecule has 2 aromatic rings. The Morgan fingerprint density at radius 1 is 1.42 bits per heavy atom. The Balaban J connectivity index is 1.74. The number of hydrogen-bond acceptors (Lipinski definition) is 6. The highest BCUT2D eigenvalue weighted by molar-refractivity contribution is 5.79. The van der Waals surface area contributed by atoms with Crippen LogP contribution >= 0.6 is 0 Å². The Morgan fingerprint density at radius 2 is 2.25 bits per heavy atom. The fraction of sp³-hybridized carbons (Fsp3) is 0.529. The Kier molecular flexibility index (Phi) is 4.89. The van der Waals surface area contributed by atoms with Crippen LogP contribution in [0, 0.1) is 11.8 Å². The number of nitrogens with zero attached hydrogens (tertiary/aromatic N) is 3. The summed E-state index contributed by atoms with van der Waals surface area (Å²) in [4.78, 5) is 21.0. The van der Waals surface area contributed by atoms with Crippen molar-refractivity contribution < 1.29 is 9.32 Å². The Bertz CT molecular complexity index is 685. The number of nitrogens with one attached hydrogen (secondary N) is 1. The minimum Gasteiger partial charge on any atom is -0.344 e. The maximum absolute atomic E-state index is 12.5. The van der Waals surface area contributed by atoms with Crippen LogP contribution in [0.15, 0.2) is 29.0 Å². The number of nitrogens with two attached hydrogens (primary N) is 1. The number of carbonyl (C=O) groups is 1. The van der Waals surface area contributed by atoms with Crippen LogP contribution in [-0.4, -0.2) is 27.1 Å². The van der Waals surface area contributed by atoms with Crippen molar-refractivity contribution >= 4 is 5.91 Å². The first-order valence-electron chi connectivity index (χ1n) is 8.34. The highest BCUT2D eigenvalue weighted by atomic mass is 16.5. The molecule has 7 heteroatoms. The lowest BCUT2D eigenvalue weighted by atomic mass is 10.0. The van der Waals surface area contributed by atoms with E-state index in [9.17, 15) is 4.79 Å². The van der Waals surface area contributed by atoms with Gasteiger partial charge >= 0.3 is 0 Å². The SMILES string of the molecule is CC(C)C(NC(=O)C1CCC(N)C1)c1nc(-c2cccnc2)no1. The van der Waals surface area contributed by atoms with Crippen LogP contribution in [-0.2, 0) is 4.79 Å². The fourth-order valence-electron chi connectivity index (χ4n) is 3.01. The minimum atomic E-state index is -0.313. The van der Waals surface area contributed by atoms with Gasteiger partial charge in [0.2, 0.25) is 17.6 Å². The van der Waals surface area contributed by atoms with Gasteiger partial charge < -0.3 is 15.6 Å². The third-order valence-corrected chi connectivity index (χ3v) is 4.44. The quantitative estimate of drug-likeness (QED) is 0.869. The molecular weight excluding hydrogens is 306 g/mol. The summed E-state index contributed by atoms with van der Waals surface area (Å²) in [7, 11) is 0. The van der Waals surface area contributed by atoms with Crippen LogP contribution in [0.3, 0.4) is 0 Å². The van der Waals surface area contributed by atoms with Gasteiger partial charge in [0.1, 0.15) is 6.04 Å². The molecule has 0 aliphatic heterocycles. The molecule has 0 spiro atoms. The van der Waals surface area contributed by atoms with Crippen molar-refractivity contribution in [1.29, 1.82) is 0 Å². The molecule has 2 heterocycles. The summed E-state index contributed by atoms with van der Waals surface area (Å²) in [5, 5.41) is 7.06. The van der Waals surface area contributed by atoms with E-state index in [4.69, 9.17) is 10.3 Å². The van der Waals surface area contributed by atoms with Gasteiger partial charge in [-0.05, 0) is 37.3 Å². The number of aromatic nitrogens is 3. The number of amides is 1. The van der Waals surface area contributed by atoms with Crippen molar-refractivity contribution in [3.8, 4) is 11.4 Å². The zero-order valence-corrected chi connectivity index (χ0v) is 14.0. The fourth-order valence-corrected chi connectivity index (χ4v) is 3.01. The molecule has 2 aromatic heterocycles. The zero-order chi connectivity index (χ0) is 17.1. The monoisotopic (exact) mass is 329 g/mol. The second-order valence-corrected chi connectivity index (χ2v) is 6.70. The maximum atomic E-state index is 12.5. The summed E-state index contributed by atoms with van der Waals surface area (Å²) < 4.78 is 5.40. The number of pyridine rings is 1. The predicted molar refractivity (Wildman–Crippen MR) is 88.6 cm³/mol. The van der Waals surface area contributed by atoms with E-state index in [2.05, 4.69) is 20.4 Å². The van der Waals surface area contributed by atoms with Crippen molar-refractivity contribution in [2.24, 2.45) is 17.6 Å². The third kappa shape index (κ3) is 3.62. The van der Waals surface area contributed by atoms with E-state index in [1.54, 1.807) is 12.4 Å². The largest absolute Gasteiger partial charge is 0.344 e. The van der Waals surface area contributed by atoms with Crippen LogP contribution < -0.4 is 11.1 Å². The van der Waals surface area contributed by atoms with E-state index < -0.39 is 0 Å². The Morgan fingerprint density at radius 3 is 2.88 bits per heavy atom. The zero-order valence-electron chi connectivity index (χ0n) is 14.0. The molecule has 1 saturated carbocycles. The molecule has 1 fully saturated rings. The first-order chi connectivity index (χ1) is 11.5. The van der Waals surface area contributed by atoms with Gasteiger partial charge in [-0.25, -0.2) is 0 Å². The van der Waals surface area contributed by atoms with Gasteiger partial charge in [-0.1, -0.05) is 19.0 Å². The molecule has 1 amide bonds. The highest BCUT2D eigenvalue weighted by Crippen LogP contribution is 2.27. The van der Waals surface area contributed by atoms with E-state index in [1.807, 2.05) is 26.0 Å². The van der Waals surface area contributed by atoms with Crippen molar-refractivity contribution in [3.63, 3.8) is 0 Å². The molecule has 3 unspecified atom stereocenters. The van der Waals surface area contributed by atoms with Gasteiger partial charge in [-0.15, -0.1) is 0 Å². The first kappa shape index (κ1) is 16.6. The van der Waals surface area contributed by atoms with Gasteiger partial charge in [-0.3, -0.25) is 9.78 Å². The average molecular weight is 329 g/mol. The van der Waals surface area contributed by atoms with Crippen molar-refractivity contribution in [2.75, 3.05) is 0 Å². The normalized spacial score (nSPS) is 21.8. The summed E-state index contributed by atoms with van der Waals surface area (Å²) in [5.41, 5.74) is 6.69. The third-order valence-electron chi connectivity index (χ3n) is 4.44. The molecule has 0 radical (unpaired) electrons. The van der Waals surface area contributed by atoms with Crippen molar-refractivity contribution in [3.05, 3.63) is 30.4 Å². The summed E-state index contributed by atoms with van der Waals surface area (Å²) >= 11 is 0. The highest BCUT2D eigenvalue weighted by Gasteiger charge is 2.32. The van der Waals surface area contributed by atoms with Gasteiger partial charge in [0.15, 0.2) is 0 Å². The smallest absolute Gasteiger partial charge is 0.249 e. The van der Waals surface area contributed by atoms with Gasteiger partial charge in [0, 0.05) is 29.9 Å². The van der Waals surface area contributed by atoms with Crippen molar-refractivity contribution in [1.82, 2.24) is 20.4 Å². The number of rotatable bonds is 5. The second-order valence-electron chi connectivity index (χ2n) is 6.70. The van der Waals surface area contributed by atoms with Crippen molar-refractivity contribution in [2.45, 2.75) is 45.2 Å². The lowest BCUT2D eigenvalue weighted by molar-refractivity contribution is -0.126. The molecule has 7 nitrogen and oxygen atoms in total. The van der Waals surface area contributed by atoms with E-state index >= 15 is 0 Å². The molecule has 0 bridgehead atoms. The van der Waals surface area contributed by atoms with Gasteiger partial charge in [0.05, 0.1) is 0 Å². The molecule has 128 valence electrons. The van der Waals surface area contributed by atoms with Crippen LogP contribution in [0.5, 0.6) is 0 Å². The summed E-state index contributed by atoms with van der Waals surface area (Å²) in [6.45, 7) is 4.03. The molecular formula is C17H23N5O2. The topological polar surface area (TPSA) is 107 Å². The molecule has 3 rings (SSSR count). The van der Waals surface area contributed by atoms with E-state index in [1.165, 1.54) is 0 Å². The van der Waals surface area contributed by atoms with Crippen LogP contribution in [0.25, 0.3) is 11.4 Å². The molecule has 3 atom stereocenters. The van der Waals surface area contributed by atoms with E-state index in [0.717, 1.165) is 24.8 Å². The Hall–Kier alpha value is -2.28. The first-order valence-corrected chi connectivity index (χ1v) is 8.34. The van der Waals surface area contributed by atoms with Gasteiger partial charge in [-0.2, -0.15) is 4.98 Å². The summed E-state index contributed by atoms with van der Waals surface area (Å²) in [6, 6.07) is 3.49. The molecule has 0 aromatic carbocycles. The lowest BCUT2D eigenvalue weighted by Crippen LogP contribution is -2.36. The molecule has 3 N–H and O–H groups in total. The van der Waals surface area contributed by atoms with Crippen LogP contribution in [0.2, 0.25) is 0 Å². The average Bonchev–Trinajstić information content (AvgIpc) is 3.22. The summed E-state index contributed by atoms with van der Waals surface area (Å²) in [5.74, 6) is 1.01. The molecule has 24 heavy (non-hydrogen) atoms. The van der Waals surface area contributed by atoms with Crippen LogP contribution in [0.1, 0.15) is 45.0 Å². The Labute approximate surface area is 141 Å². The van der Waals surface area contributed by atoms with E-state index in [-0.39, 0.29) is 29.8 Å². The van der Waals surface area contributed by atoms with E-state index in [0.29, 0.717) is 11.7 Å². The van der Waals surface area contributed by atoms with Gasteiger partial charge in [0.25, 0.3) is 0 Å². The second kappa shape index (κ2) is 7.09. The predicted octanol–water partition coefficient (Wildman–Crippen LogP) is 2.07. The number of hydrogen-bond donors (Lipinski definition) is 2. The summed E-state index contributed by atoms with van der Waals surface area (Å²) in [6.07, 6.45) is 5.84. The molecule has 1 aliphatic rings. The minimum absolute atomic E-state index is 0.0165. The maximum Gasteiger partial charge on any atom is 0.249 e. The lowest BCUT2D eigenvalue weighted by Gasteiger charge is -2.20. The molecule has 1 aliphatic carbocycles. The number of carbonyl (C=O) groups excluding carboxylic acids is 1. The standard InChI is InChI=1S/C17H23N5O2/c1-10(2)14(20-16(23)11-5-6-13(18)8-11)17-21-15(22-24-17)12-4-3-7-19-9-12/h3-4,7,9-11,13-14H,5-6,8,18H2,1-2H3,(H,20,23). The van der Waals surface area contributed by atoms with Crippen LogP contribution in [0.4, 0.5) is 0 Å². The molecule has 0 saturated heterocycles.